The van der Waals surface area contributed by atoms with E-state index in [0.29, 0.717) is 0 Å². The number of aromatic nitrogens is 3. The van der Waals surface area contributed by atoms with Crippen LogP contribution in [0.3, 0.4) is 0 Å². The molecular weight excluding hydrogens is 324 g/mol. The van der Waals surface area contributed by atoms with Gasteiger partial charge in [0.2, 0.25) is 0 Å². The topological polar surface area (TPSA) is 57.8 Å². The first-order valence-corrected chi connectivity index (χ1v) is 9.16. The SMILES string of the molecule is CN=C(NCCCc1nnc2ccccn12)N1CCc2ccccc2C1. The molecule has 1 aliphatic heterocycles. The number of aliphatic imine (C=N–C) groups is 1. The molecular formula is C20H24N6. The standard InChI is InChI=1S/C20H24N6/c1-21-20(25-14-11-16-7-2-3-8-17(16)15-25)22-12-6-10-19-24-23-18-9-4-5-13-26(18)19/h2-5,7-9,13H,6,10-12,14-15H2,1H3,(H,21,22). The lowest BCUT2D eigenvalue weighted by atomic mass is 10.0. The molecule has 3 heterocycles. The van der Waals surface area contributed by atoms with Crippen molar-refractivity contribution in [2.24, 2.45) is 4.99 Å². The number of aryl methyl sites for hydroxylation is 1. The minimum atomic E-state index is 0.868. The van der Waals surface area contributed by atoms with Gasteiger partial charge >= 0.3 is 0 Å². The third-order valence-electron chi connectivity index (χ3n) is 4.89. The summed E-state index contributed by atoms with van der Waals surface area (Å²) in [6.07, 6.45) is 4.96. The predicted octanol–water partition coefficient (Wildman–Crippen LogP) is 2.30. The van der Waals surface area contributed by atoms with Crippen molar-refractivity contribution >= 4 is 11.6 Å². The average molecular weight is 348 g/mol. The summed E-state index contributed by atoms with van der Waals surface area (Å²) in [5.74, 6) is 1.98. The molecule has 0 radical (unpaired) electrons. The molecule has 26 heavy (non-hydrogen) atoms. The molecule has 6 heteroatoms. The van der Waals surface area contributed by atoms with E-state index in [2.05, 4.69) is 54.1 Å². The molecule has 0 saturated carbocycles. The van der Waals surface area contributed by atoms with Crippen molar-refractivity contribution < 1.29 is 0 Å². The summed E-state index contributed by atoms with van der Waals surface area (Å²) in [6, 6.07) is 14.6. The number of guanidine groups is 1. The molecule has 0 atom stereocenters. The van der Waals surface area contributed by atoms with Gasteiger partial charge in [0.15, 0.2) is 11.6 Å². The Balaban J connectivity index is 1.31. The Hall–Kier alpha value is -2.89. The van der Waals surface area contributed by atoms with Crippen molar-refractivity contribution in [3.63, 3.8) is 0 Å². The van der Waals surface area contributed by atoms with Crippen LogP contribution in [0.15, 0.2) is 53.7 Å². The highest BCUT2D eigenvalue weighted by molar-refractivity contribution is 5.80. The van der Waals surface area contributed by atoms with E-state index in [0.717, 1.165) is 56.3 Å². The maximum absolute atomic E-state index is 4.47. The summed E-state index contributed by atoms with van der Waals surface area (Å²) < 4.78 is 2.05. The first-order valence-electron chi connectivity index (χ1n) is 9.16. The van der Waals surface area contributed by atoms with E-state index < -0.39 is 0 Å². The average Bonchev–Trinajstić information content (AvgIpc) is 3.11. The van der Waals surface area contributed by atoms with Crippen LogP contribution in [0.2, 0.25) is 0 Å². The summed E-state index contributed by atoms with van der Waals surface area (Å²) in [5.41, 5.74) is 3.76. The molecule has 1 aliphatic rings. The lowest BCUT2D eigenvalue weighted by Crippen LogP contribution is -2.44. The number of benzene rings is 1. The van der Waals surface area contributed by atoms with Crippen molar-refractivity contribution in [3.8, 4) is 0 Å². The predicted molar refractivity (Wildman–Crippen MR) is 103 cm³/mol. The van der Waals surface area contributed by atoms with Crippen LogP contribution in [0.1, 0.15) is 23.4 Å². The summed E-state index contributed by atoms with van der Waals surface area (Å²) in [4.78, 5) is 6.80. The number of pyridine rings is 1. The first-order chi connectivity index (χ1) is 12.8. The molecule has 1 N–H and O–H groups in total. The Morgan fingerprint density at radius 3 is 2.85 bits per heavy atom. The molecule has 0 amide bonds. The van der Waals surface area contributed by atoms with Gasteiger partial charge in [-0.05, 0) is 36.1 Å². The third-order valence-corrected chi connectivity index (χ3v) is 4.89. The van der Waals surface area contributed by atoms with E-state index in [4.69, 9.17) is 0 Å². The zero-order chi connectivity index (χ0) is 17.8. The molecule has 3 aromatic rings. The van der Waals surface area contributed by atoms with E-state index in [1.54, 1.807) is 0 Å². The van der Waals surface area contributed by atoms with Gasteiger partial charge in [0.1, 0.15) is 5.82 Å². The van der Waals surface area contributed by atoms with Crippen LogP contribution in [0.4, 0.5) is 0 Å². The maximum Gasteiger partial charge on any atom is 0.193 e. The molecule has 0 fully saturated rings. The highest BCUT2D eigenvalue weighted by atomic mass is 15.3. The van der Waals surface area contributed by atoms with E-state index in [1.807, 2.05) is 31.4 Å². The normalized spacial score (nSPS) is 14.5. The quantitative estimate of drug-likeness (QED) is 0.446. The Morgan fingerprint density at radius 1 is 1.12 bits per heavy atom. The van der Waals surface area contributed by atoms with E-state index in [-0.39, 0.29) is 0 Å². The van der Waals surface area contributed by atoms with Gasteiger partial charge in [-0.2, -0.15) is 0 Å². The Morgan fingerprint density at radius 2 is 1.96 bits per heavy atom. The second-order valence-electron chi connectivity index (χ2n) is 6.56. The summed E-state index contributed by atoms with van der Waals surface area (Å²) in [6.45, 7) is 2.79. The second kappa shape index (κ2) is 7.56. The molecule has 0 saturated heterocycles. The van der Waals surface area contributed by atoms with Crippen molar-refractivity contribution in [1.29, 1.82) is 0 Å². The van der Waals surface area contributed by atoms with Crippen molar-refractivity contribution in [2.75, 3.05) is 20.1 Å². The smallest absolute Gasteiger partial charge is 0.193 e. The van der Waals surface area contributed by atoms with Gasteiger partial charge in [0.05, 0.1) is 0 Å². The van der Waals surface area contributed by atoms with Crippen LogP contribution in [0, 0.1) is 0 Å². The van der Waals surface area contributed by atoms with Crippen molar-refractivity contribution in [3.05, 3.63) is 65.6 Å². The number of rotatable bonds is 4. The molecule has 134 valence electrons. The highest BCUT2D eigenvalue weighted by Gasteiger charge is 2.18. The molecule has 4 rings (SSSR count). The van der Waals surface area contributed by atoms with Gasteiger partial charge in [-0.25, -0.2) is 0 Å². The van der Waals surface area contributed by atoms with Crippen LogP contribution >= 0.6 is 0 Å². The van der Waals surface area contributed by atoms with E-state index >= 15 is 0 Å². The maximum atomic E-state index is 4.47. The van der Waals surface area contributed by atoms with Crippen LogP contribution in [0.5, 0.6) is 0 Å². The first kappa shape index (κ1) is 16.6. The lowest BCUT2D eigenvalue weighted by molar-refractivity contribution is 0.378. The third kappa shape index (κ3) is 3.40. The van der Waals surface area contributed by atoms with Gasteiger partial charge in [0.25, 0.3) is 0 Å². The Bertz CT molecular complexity index is 913. The number of fused-ring (bicyclic) bond motifs is 2. The molecule has 0 bridgehead atoms. The summed E-state index contributed by atoms with van der Waals surface area (Å²) in [7, 11) is 1.86. The second-order valence-corrected chi connectivity index (χ2v) is 6.56. The fraction of sp³-hybridized carbons (Fsp3) is 0.350. The van der Waals surface area contributed by atoms with Crippen molar-refractivity contribution in [2.45, 2.75) is 25.8 Å². The van der Waals surface area contributed by atoms with Crippen LogP contribution in [-0.4, -0.2) is 45.6 Å². The van der Waals surface area contributed by atoms with Crippen LogP contribution in [0.25, 0.3) is 5.65 Å². The largest absolute Gasteiger partial charge is 0.356 e. The fourth-order valence-electron chi connectivity index (χ4n) is 3.52. The minimum absolute atomic E-state index is 0.868. The van der Waals surface area contributed by atoms with Crippen LogP contribution < -0.4 is 5.32 Å². The Kier molecular flexibility index (Phi) is 4.82. The number of nitrogens with one attached hydrogen (secondary N) is 1. The van der Waals surface area contributed by atoms with Gasteiger partial charge in [-0.3, -0.25) is 9.39 Å². The molecule has 0 aliphatic carbocycles. The number of hydrogen-bond donors (Lipinski definition) is 1. The molecule has 0 spiro atoms. The molecule has 6 nitrogen and oxygen atoms in total. The fourth-order valence-corrected chi connectivity index (χ4v) is 3.52. The monoisotopic (exact) mass is 348 g/mol. The Labute approximate surface area is 153 Å². The summed E-state index contributed by atoms with van der Waals surface area (Å²) >= 11 is 0. The van der Waals surface area contributed by atoms with Crippen LogP contribution in [-0.2, 0) is 19.4 Å². The van der Waals surface area contributed by atoms with Crippen molar-refractivity contribution in [1.82, 2.24) is 24.8 Å². The molecule has 0 unspecified atom stereocenters. The lowest BCUT2D eigenvalue weighted by Gasteiger charge is -2.31. The van der Waals surface area contributed by atoms with E-state index in [9.17, 15) is 0 Å². The van der Waals surface area contributed by atoms with E-state index in [1.165, 1.54) is 11.1 Å². The number of nitrogens with zero attached hydrogens (tertiary/aromatic N) is 5. The summed E-state index contributed by atoms with van der Waals surface area (Å²) in [5, 5.41) is 12.0. The van der Waals surface area contributed by atoms with Gasteiger partial charge in [0, 0.05) is 39.3 Å². The highest BCUT2D eigenvalue weighted by Crippen LogP contribution is 2.18. The molecule has 1 aromatic carbocycles. The zero-order valence-electron chi connectivity index (χ0n) is 15.1. The minimum Gasteiger partial charge on any atom is -0.356 e. The van der Waals surface area contributed by atoms with Gasteiger partial charge in [-0.1, -0.05) is 30.3 Å². The van der Waals surface area contributed by atoms with Gasteiger partial charge < -0.3 is 10.2 Å². The molecule has 2 aromatic heterocycles. The number of hydrogen-bond acceptors (Lipinski definition) is 3. The van der Waals surface area contributed by atoms with Gasteiger partial charge in [-0.15, -0.1) is 10.2 Å². The zero-order valence-corrected chi connectivity index (χ0v) is 15.1.